The molecule has 1 aliphatic carbocycles. The molecular weight excluding hydrogens is 258 g/mol. The quantitative estimate of drug-likeness (QED) is 0.817. The maximum atomic E-state index is 12.1. The van der Waals surface area contributed by atoms with E-state index in [4.69, 9.17) is 10.5 Å². The van der Waals surface area contributed by atoms with Crippen LogP contribution in [-0.2, 0) is 9.53 Å². The van der Waals surface area contributed by atoms with Crippen LogP contribution in [0.2, 0.25) is 0 Å². The minimum absolute atomic E-state index is 0.0284. The first-order valence-corrected chi connectivity index (χ1v) is 7.20. The first kappa shape index (κ1) is 16.8. The molecule has 0 aliphatic heterocycles. The van der Waals surface area contributed by atoms with Crippen molar-refractivity contribution in [3.63, 3.8) is 0 Å². The van der Waals surface area contributed by atoms with Crippen molar-refractivity contribution in [3.05, 3.63) is 0 Å². The van der Waals surface area contributed by atoms with Crippen molar-refractivity contribution >= 4 is 12.0 Å². The third kappa shape index (κ3) is 5.00. The van der Waals surface area contributed by atoms with Gasteiger partial charge in [-0.1, -0.05) is 12.8 Å². The standard InChI is InChI=1S/C14H27N3O3/c1-14(2,3)20-13(19)17(4)11-8-6-5-7-10(11)16-12(18)9-15/h10-11H,5-9,15H2,1-4H3,(H,16,18)/t10-,11-/m0/s1. The molecule has 116 valence electrons. The van der Waals surface area contributed by atoms with Gasteiger partial charge in [0.1, 0.15) is 5.60 Å². The van der Waals surface area contributed by atoms with Gasteiger partial charge in [-0.25, -0.2) is 4.79 Å². The number of carbonyl (C=O) groups is 2. The summed E-state index contributed by atoms with van der Waals surface area (Å²) in [6.45, 7) is 5.49. The second kappa shape index (κ2) is 6.92. The Balaban J connectivity index is 2.68. The molecule has 0 aromatic rings. The molecule has 20 heavy (non-hydrogen) atoms. The molecule has 0 saturated heterocycles. The summed E-state index contributed by atoms with van der Waals surface area (Å²) in [5.74, 6) is -0.181. The number of carbonyl (C=O) groups excluding carboxylic acids is 2. The Morgan fingerprint density at radius 1 is 1.30 bits per heavy atom. The van der Waals surface area contributed by atoms with E-state index < -0.39 is 5.60 Å². The highest BCUT2D eigenvalue weighted by atomic mass is 16.6. The third-order valence-corrected chi connectivity index (χ3v) is 3.44. The highest BCUT2D eigenvalue weighted by Crippen LogP contribution is 2.24. The molecule has 6 nitrogen and oxygen atoms in total. The second-order valence-corrected chi connectivity index (χ2v) is 6.32. The molecule has 1 fully saturated rings. The maximum Gasteiger partial charge on any atom is 0.410 e. The van der Waals surface area contributed by atoms with Gasteiger partial charge in [-0.2, -0.15) is 0 Å². The number of likely N-dealkylation sites (N-methyl/N-ethyl adjacent to an activating group) is 1. The Labute approximate surface area is 121 Å². The number of rotatable bonds is 3. The Kier molecular flexibility index (Phi) is 5.80. The zero-order valence-corrected chi connectivity index (χ0v) is 12.9. The highest BCUT2D eigenvalue weighted by Gasteiger charge is 2.33. The van der Waals surface area contributed by atoms with Gasteiger partial charge < -0.3 is 20.7 Å². The molecule has 2 atom stereocenters. The predicted octanol–water partition coefficient (Wildman–Crippen LogP) is 1.24. The van der Waals surface area contributed by atoms with Gasteiger partial charge in [-0.15, -0.1) is 0 Å². The first-order chi connectivity index (χ1) is 9.24. The van der Waals surface area contributed by atoms with Crippen LogP contribution >= 0.6 is 0 Å². The minimum atomic E-state index is -0.518. The second-order valence-electron chi connectivity index (χ2n) is 6.32. The van der Waals surface area contributed by atoms with E-state index in [1.54, 1.807) is 11.9 Å². The Morgan fingerprint density at radius 3 is 2.45 bits per heavy atom. The van der Waals surface area contributed by atoms with Gasteiger partial charge in [0.05, 0.1) is 12.6 Å². The summed E-state index contributed by atoms with van der Waals surface area (Å²) in [7, 11) is 1.73. The SMILES string of the molecule is CN(C(=O)OC(C)(C)C)[C@H]1CCCC[C@@H]1NC(=O)CN. The number of hydrogen-bond donors (Lipinski definition) is 2. The molecule has 1 rings (SSSR count). The summed E-state index contributed by atoms with van der Waals surface area (Å²) >= 11 is 0. The van der Waals surface area contributed by atoms with Gasteiger partial charge in [0.2, 0.25) is 5.91 Å². The minimum Gasteiger partial charge on any atom is -0.444 e. The molecule has 0 bridgehead atoms. The van der Waals surface area contributed by atoms with Crippen molar-refractivity contribution in [2.24, 2.45) is 5.73 Å². The number of nitrogens with zero attached hydrogens (tertiary/aromatic N) is 1. The van der Waals surface area contributed by atoms with Crippen molar-refractivity contribution in [2.75, 3.05) is 13.6 Å². The Morgan fingerprint density at radius 2 is 1.90 bits per heavy atom. The zero-order chi connectivity index (χ0) is 15.3. The molecule has 1 aliphatic rings. The number of nitrogens with two attached hydrogens (primary N) is 1. The lowest BCUT2D eigenvalue weighted by Crippen LogP contribution is -2.55. The number of hydrogen-bond acceptors (Lipinski definition) is 4. The van der Waals surface area contributed by atoms with E-state index >= 15 is 0 Å². The summed E-state index contributed by atoms with van der Waals surface area (Å²) in [6, 6.07) is -0.0774. The fraction of sp³-hybridized carbons (Fsp3) is 0.857. The molecule has 0 aromatic heterocycles. The lowest BCUT2D eigenvalue weighted by molar-refractivity contribution is -0.121. The van der Waals surface area contributed by atoms with Crippen LogP contribution in [0.5, 0.6) is 0 Å². The lowest BCUT2D eigenvalue weighted by Gasteiger charge is -2.38. The Hall–Kier alpha value is -1.30. The fourth-order valence-corrected chi connectivity index (χ4v) is 2.48. The molecule has 0 radical (unpaired) electrons. The van der Waals surface area contributed by atoms with Crippen LogP contribution in [0.3, 0.4) is 0 Å². The summed E-state index contributed by atoms with van der Waals surface area (Å²) in [4.78, 5) is 25.2. The van der Waals surface area contributed by atoms with Crippen LogP contribution in [0.1, 0.15) is 46.5 Å². The average molecular weight is 285 g/mol. The van der Waals surface area contributed by atoms with Gasteiger partial charge in [0.25, 0.3) is 0 Å². The van der Waals surface area contributed by atoms with Gasteiger partial charge in [-0.05, 0) is 33.6 Å². The van der Waals surface area contributed by atoms with E-state index in [9.17, 15) is 9.59 Å². The largest absolute Gasteiger partial charge is 0.444 e. The molecule has 0 unspecified atom stereocenters. The van der Waals surface area contributed by atoms with Crippen molar-refractivity contribution in [2.45, 2.75) is 64.1 Å². The molecule has 1 saturated carbocycles. The molecule has 3 N–H and O–H groups in total. The molecule has 2 amide bonds. The van der Waals surface area contributed by atoms with Gasteiger partial charge >= 0.3 is 6.09 Å². The van der Waals surface area contributed by atoms with Crippen molar-refractivity contribution < 1.29 is 14.3 Å². The van der Waals surface area contributed by atoms with E-state index in [-0.39, 0.29) is 30.6 Å². The van der Waals surface area contributed by atoms with E-state index in [0.29, 0.717) is 0 Å². The summed E-state index contributed by atoms with van der Waals surface area (Å²) in [6.07, 6.45) is 3.48. The van der Waals surface area contributed by atoms with Gasteiger partial charge in [-0.3, -0.25) is 4.79 Å². The molecule has 0 spiro atoms. The van der Waals surface area contributed by atoms with Gasteiger partial charge in [0.15, 0.2) is 0 Å². The highest BCUT2D eigenvalue weighted by molar-refractivity contribution is 5.78. The monoisotopic (exact) mass is 285 g/mol. The molecule has 0 heterocycles. The smallest absolute Gasteiger partial charge is 0.410 e. The van der Waals surface area contributed by atoms with Crippen molar-refractivity contribution in [3.8, 4) is 0 Å². The average Bonchev–Trinajstić information content (AvgIpc) is 2.36. The lowest BCUT2D eigenvalue weighted by atomic mass is 9.89. The Bertz CT molecular complexity index is 352. The molecule has 6 heteroatoms. The summed E-state index contributed by atoms with van der Waals surface area (Å²) < 4.78 is 5.38. The molecular formula is C14H27N3O3. The number of ether oxygens (including phenoxy) is 1. The van der Waals surface area contributed by atoms with Crippen LogP contribution in [0.25, 0.3) is 0 Å². The third-order valence-electron chi connectivity index (χ3n) is 3.44. The topological polar surface area (TPSA) is 84.7 Å². The number of amides is 2. The van der Waals surface area contributed by atoms with Crippen LogP contribution in [0, 0.1) is 0 Å². The normalized spacial score (nSPS) is 23.1. The maximum absolute atomic E-state index is 12.1. The van der Waals surface area contributed by atoms with Crippen molar-refractivity contribution in [1.29, 1.82) is 0 Å². The van der Waals surface area contributed by atoms with Gasteiger partial charge in [0, 0.05) is 13.1 Å². The fourth-order valence-electron chi connectivity index (χ4n) is 2.48. The van der Waals surface area contributed by atoms with Crippen LogP contribution < -0.4 is 11.1 Å². The number of nitrogens with one attached hydrogen (secondary N) is 1. The zero-order valence-electron chi connectivity index (χ0n) is 12.9. The summed E-state index contributed by atoms with van der Waals surface area (Å²) in [5, 5.41) is 2.90. The van der Waals surface area contributed by atoms with E-state index in [2.05, 4.69) is 5.32 Å². The van der Waals surface area contributed by atoms with Crippen LogP contribution in [0.4, 0.5) is 4.79 Å². The van der Waals surface area contributed by atoms with E-state index in [1.807, 2.05) is 20.8 Å². The van der Waals surface area contributed by atoms with E-state index in [0.717, 1.165) is 25.7 Å². The van der Waals surface area contributed by atoms with Crippen LogP contribution in [-0.4, -0.2) is 48.2 Å². The predicted molar refractivity (Wildman–Crippen MR) is 77.2 cm³/mol. The molecule has 0 aromatic carbocycles. The van der Waals surface area contributed by atoms with E-state index in [1.165, 1.54) is 0 Å². The first-order valence-electron chi connectivity index (χ1n) is 7.20. The van der Waals surface area contributed by atoms with Crippen LogP contribution in [0.15, 0.2) is 0 Å². The summed E-state index contributed by atoms with van der Waals surface area (Å²) in [5.41, 5.74) is 4.82. The van der Waals surface area contributed by atoms with Crippen molar-refractivity contribution in [1.82, 2.24) is 10.2 Å².